The fraction of sp³-hybridized carbons (Fsp3) is 0.333. The summed E-state index contributed by atoms with van der Waals surface area (Å²) in [4.78, 5) is 26.0. The first kappa shape index (κ1) is 14.2. The molecule has 3 aliphatic rings. The predicted molar refractivity (Wildman–Crippen MR) is 82.2 cm³/mol. The first-order valence-electron chi connectivity index (χ1n) is 7.67. The van der Waals surface area contributed by atoms with Gasteiger partial charge in [0.25, 0.3) is 5.91 Å². The van der Waals surface area contributed by atoms with E-state index in [0.29, 0.717) is 13.0 Å². The van der Waals surface area contributed by atoms with Gasteiger partial charge in [-0.05, 0) is 5.56 Å². The van der Waals surface area contributed by atoms with Crippen LogP contribution in [0.4, 0.5) is 0 Å². The number of β-lactam (4-membered cyclic amide) rings is 1. The summed E-state index contributed by atoms with van der Waals surface area (Å²) in [5.74, 6) is -0.748. The average molecular weight is 311 g/mol. The molecule has 3 aliphatic heterocycles. The van der Waals surface area contributed by atoms with Crippen LogP contribution >= 0.6 is 0 Å². The van der Waals surface area contributed by atoms with Crippen LogP contribution in [0.1, 0.15) is 12.0 Å². The van der Waals surface area contributed by atoms with Gasteiger partial charge in [0.15, 0.2) is 0 Å². The van der Waals surface area contributed by atoms with E-state index in [1.165, 1.54) is 0 Å². The van der Waals surface area contributed by atoms with Gasteiger partial charge in [0.2, 0.25) is 6.10 Å². The molecule has 23 heavy (non-hydrogen) atoms. The second-order valence-corrected chi connectivity index (χ2v) is 6.11. The summed E-state index contributed by atoms with van der Waals surface area (Å²) in [7, 11) is 0. The number of rotatable bonds is 4. The van der Waals surface area contributed by atoms with Crippen LogP contribution in [0.2, 0.25) is 0 Å². The molecular weight excluding hydrogens is 294 g/mol. The third-order valence-corrected chi connectivity index (χ3v) is 4.87. The van der Waals surface area contributed by atoms with Gasteiger partial charge in [-0.25, -0.2) is 4.79 Å². The quantitative estimate of drug-likeness (QED) is 0.367. The highest BCUT2D eigenvalue weighted by atomic mass is 16.6. The number of fused-ring (bicyclic) bond motifs is 3. The maximum Gasteiger partial charge on any atom is 0.331 e. The van der Waals surface area contributed by atoms with Crippen LogP contribution in [0.5, 0.6) is 0 Å². The maximum absolute atomic E-state index is 12.6. The molecule has 4 rings (SSSR count). The minimum atomic E-state index is -0.795. The lowest BCUT2D eigenvalue weighted by atomic mass is 9.71. The number of hydrogen-bond donors (Lipinski definition) is 0. The zero-order valence-electron chi connectivity index (χ0n) is 12.6. The van der Waals surface area contributed by atoms with Gasteiger partial charge in [0.05, 0.1) is 6.10 Å². The van der Waals surface area contributed by atoms with Crippen LogP contribution < -0.4 is 0 Å². The van der Waals surface area contributed by atoms with E-state index < -0.39 is 17.6 Å². The summed E-state index contributed by atoms with van der Waals surface area (Å²) in [5, 5.41) is 0. The van der Waals surface area contributed by atoms with Gasteiger partial charge in [-0.15, -0.1) is 0 Å². The molecule has 4 atom stereocenters. The Morgan fingerprint density at radius 3 is 2.78 bits per heavy atom. The molecule has 118 valence electrons. The number of hydrogen-bond acceptors (Lipinski definition) is 4. The summed E-state index contributed by atoms with van der Waals surface area (Å²) in [6.45, 7) is 3.89. The summed E-state index contributed by atoms with van der Waals surface area (Å²) in [5.41, 5.74) is 0.450. The normalized spacial score (nSPS) is 33.8. The molecule has 0 saturated carbocycles. The molecule has 0 aliphatic carbocycles. The van der Waals surface area contributed by atoms with Crippen molar-refractivity contribution in [1.29, 1.82) is 0 Å². The third-order valence-electron chi connectivity index (χ3n) is 4.87. The lowest BCUT2D eigenvalue weighted by Gasteiger charge is -2.56. The molecule has 5 nitrogen and oxygen atoms in total. The Labute approximate surface area is 134 Å². The van der Waals surface area contributed by atoms with Crippen molar-refractivity contribution < 1.29 is 19.1 Å². The molecule has 1 amide bonds. The van der Waals surface area contributed by atoms with Gasteiger partial charge in [-0.1, -0.05) is 49.1 Å². The lowest BCUT2D eigenvalue weighted by molar-refractivity contribution is -0.203. The summed E-state index contributed by atoms with van der Waals surface area (Å²) in [6.07, 6.45) is 4.68. The second-order valence-electron chi connectivity index (χ2n) is 6.11. The number of likely N-dealkylation sites (tertiary alicyclic amines) is 1. The van der Waals surface area contributed by atoms with Crippen molar-refractivity contribution >= 4 is 11.9 Å². The van der Waals surface area contributed by atoms with E-state index in [0.717, 1.165) is 11.6 Å². The van der Waals surface area contributed by atoms with Crippen molar-refractivity contribution in [2.45, 2.75) is 36.8 Å². The van der Waals surface area contributed by atoms with E-state index in [1.807, 2.05) is 42.5 Å². The molecular formula is C18H17NO4. The molecule has 0 radical (unpaired) electrons. The molecule has 5 heteroatoms. The molecule has 1 aromatic carbocycles. The Kier molecular flexibility index (Phi) is 3.13. The highest BCUT2D eigenvalue weighted by Crippen LogP contribution is 2.51. The van der Waals surface area contributed by atoms with E-state index >= 15 is 0 Å². The minimum Gasteiger partial charge on any atom is -0.446 e. The smallest absolute Gasteiger partial charge is 0.331 e. The molecule has 1 aromatic rings. The van der Waals surface area contributed by atoms with Gasteiger partial charge < -0.3 is 14.4 Å². The maximum atomic E-state index is 12.6. The third kappa shape index (κ3) is 1.96. The number of amides is 1. The van der Waals surface area contributed by atoms with E-state index in [4.69, 9.17) is 9.47 Å². The van der Waals surface area contributed by atoms with E-state index in [1.54, 1.807) is 4.90 Å². The Bertz CT molecular complexity index is 698. The van der Waals surface area contributed by atoms with Gasteiger partial charge in [-0.3, -0.25) is 4.79 Å². The minimum absolute atomic E-state index is 0.0173. The SMILES string of the molecule is C=CC(=O)O[C@@H]1C(=O)N(Cc2ccccc2)[C@@]12C[C@H]1C=C[C@@H]2O1. The fourth-order valence-corrected chi connectivity index (χ4v) is 3.81. The molecule has 2 saturated heterocycles. The number of ether oxygens (including phenoxy) is 2. The zero-order valence-corrected chi connectivity index (χ0v) is 12.6. The first-order chi connectivity index (χ1) is 11.1. The number of carbonyl (C=O) groups excluding carboxylic acids is 2. The molecule has 0 unspecified atom stereocenters. The Morgan fingerprint density at radius 2 is 2.17 bits per heavy atom. The Balaban J connectivity index is 1.64. The molecule has 2 bridgehead atoms. The predicted octanol–water partition coefficient (Wildman–Crippen LogP) is 1.59. The molecule has 0 aromatic heterocycles. The van der Waals surface area contributed by atoms with E-state index in [2.05, 4.69) is 6.58 Å². The summed E-state index contributed by atoms with van der Waals surface area (Å²) >= 11 is 0. The number of carbonyl (C=O) groups is 2. The topological polar surface area (TPSA) is 55.8 Å². The Hall–Kier alpha value is -2.40. The van der Waals surface area contributed by atoms with Gasteiger partial charge in [-0.2, -0.15) is 0 Å². The highest BCUT2D eigenvalue weighted by Gasteiger charge is 2.70. The first-order valence-corrected chi connectivity index (χ1v) is 7.67. The van der Waals surface area contributed by atoms with Gasteiger partial charge >= 0.3 is 5.97 Å². The van der Waals surface area contributed by atoms with Crippen LogP contribution in [-0.2, 0) is 25.6 Å². The monoisotopic (exact) mass is 311 g/mol. The van der Waals surface area contributed by atoms with Crippen molar-refractivity contribution in [2.24, 2.45) is 0 Å². The summed E-state index contributed by atoms with van der Waals surface area (Å²) < 4.78 is 11.2. The zero-order chi connectivity index (χ0) is 16.0. The number of benzene rings is 1. The van der Waals surface area contributed by atoms with Crippen molar-refractivity contribution in [3.8, 4) is 0 Å². The van der Waals surface area contributed by atoms with Gasteiger partial charge in [0.1, 0.15) is 11.6 Å². The van der Waals surface area contributed by atoms with Crippen molar-refractivity contribution in [1.82, 2.24) is 4.90 Å². The van der Waals surface area contributed by atoms with Crippen LogP contribution in [0.15, 0.2) is 55.1 Å². The van der Waals surface area contributed by atoms with E-state index in [9.17, 15) is 9.59 Å². The van der Waals surface area contributed by atoms with Crippen molar-refractivity contribution in [2.75, 3.05) is 0 Å². The largest absolute Gasteiger partial charge is 0.446 e. The van der Waals surface area contributed by atoms with Crippen molar-refractivity contribution in [3.63, 3.8) is 0 Å². The van der Waals surface area contributed by atoms with Crippen LogP contribution in [0.25, 0.3) is 0 Å². The van der Waals surface area contributed by atoms with Crippen LogP contribution in [-0.4, -0.2) is 40.6 Å². The lowest BCUT2D eigenvalue weighted by Crippen LogP contribution is -2.78. The van der Waals surface area contributed by atoms with Gasteiger partial charge in [0, 0.05) is 19.0 Å². The Morgan fingerprint density at radius 1 is 1.39 bits per heavy atom. The average Bonchev–Trinajstić information content (AvgIpc) is 3.20. The molecule has 0 N–H and O–H groups in total. The summed E-state index contributed by atoms with van der Waals surface area (Å²) in [6, 6.07) is 9.79. The number of nitrogens with zero attached hydrogens (tertiary/aromatic N) is 1. The standard InChI is InChI=1S/C18H17NO4/c1-2-15(20)23-16-17(21)19(11-12-6-4-3-5-7-12)18(16)10-13-8-9-14(18)22-13/h2-9,13-14,16H,1,10-11H2/t13-,14+,16-,18-/m1/s1. The van der Waals surface area contributed by atoms with E-state index in [-0.39, 0.29) is 18.1 Å². The van der Waals surface area contributed by atoms with Crippen molar-refractivity contribution in [3.05, 3.63) is 60.7 Å². The van der Waals surface area contributed by atoms with Crippen LogP contribution in [0.3, 0.4) is 0 Å². The number of esters is 1. The second kappa shape index (κ2) is 5.06. The highest BCUT2D eigenvalue weighted by molar-refractivity contribution is 5.94. The molecule has 3 heterocycles. The van der Waals surface area contributed by atoms with Crippen LogP contribution in [0, 0.1) is 0 Å². The molecule has 1 spiro atoms. The fourth-order valence-electron chi connectivity index (χ4n) is 3.81. The molecule has 2 fully saturated rings.